The highest BCUT2D eigenvalue weighted by atomic mass is 35.5. The first-order valence-corrected chi connectivity index (χ1v) is 7.40. The van der Waals surface area contributed by atoms with Crippen molar-refractivity contribution >= 4 is 29.1 Å². The number of hydrogen-bond donors (Lipinski definition) is 1. The van der Waals surface area contributed by atoms with E-state index in [4.69, 9.17) is 28.5 Å². The summed E-state index contributed by atoms with van der Waals surface area (Å²) in [5.41, 5.74) is 0.789. The van der Waals surface area contributed by atoms with Crippen molar-refractivity contribution < 1.29 is 4.79 Å². The number of carbonyl (C=O) groups is 1. The van der Waals surface area contributed by atoms with Gasteiger partial charge in [0.25, 0.3) is 0 Å². The van der Waals surface area contributed by atoms with Gasteiger partial charge in [-0.2, -0.15) is 5.26 Å². The Balaban J connectivity index is 2.71. The van der Waals surface area contributed by atoms with E-state index in [0.717, 1.165) is 18.4 Å². The highest BCUT2D eigenvalue weighted by molar-refractivity contribution is 6.35. The molecule has 2 unspecified atom stereocenters. The number of unbranched alkanes of at least 4 members (excludes halogenated alkanes) is 1. The third-order valence-corrected chi connectivity index (χ3v) is 3.67. The van der Waals surface area contributed by atoms with Gasteiger partial charge in [0, 0.05) is 10.0 Å². The van der Waals surface area contributed by atoms with Crippen LogP contribution in [0.15, 0.2) is 18.2 Å². The fraction of sp³-hybridized carbons (Fsp3) is 0.467. The van der Waals surface area contributed by atoms with E-state index in [1.165, 1.54) is 0 Å². The number of rotatable bonds is 6. The first-order valence-electron chi connectivity index (χ1n) is 6.64. The molecule has 0 fully saturated rings. The van der Waals surface area contributed by atoms with Crippen LogP contribution in [-0.4, -0.2) is 5.91 Å². The summed E-state index contributed by atoms with van der Waals surface area (Å²) in [6, 6.07) is 6.94. The molecule has 0 aliphatic carbocycles. The zero-order valence-corrected chi connectivity index (χ0v) is 13.1. The van der Waals surface area contributed by atoms with Gasteiger partial charge in [0.15, 0.2) is 0 Å². The molecule has 0 aliphatic rings. The zero-order valence-electron chi connectivity index (χ0n) is 11.6. The van der Waals surface area contributed by atoms with Crippen LogP contribution in [0, 0.1) is 17.2 Å². The molecule has 5 heteroatoms. The van der Waals surface area contributed by atoms with Crippen LogP contribution in [0.3, 0.4) is 0 Å². The third kappa shape index (κ3) is 4.70. The minimum atomic E-state index is -0.608. The Morgan fingerprint density at radius 3 is 2.70 bits per heavy atom. The van der Waals surface area contributed by atoms with Gasteiger partial charge < -0.3 is 5.32 Å². The van der Waals surface area contributed by atoms with Gasteiger partial charge >= 0.3 is 0 Å². The quantitative estimate of drug-likeness (QED) is 0.840. The highest BCUT2D eigenvalue weighted by Gasteiger charge is 2.20. The monoisotopic (exact) mass is 312 g/mol. The fourth-order valence-corrected chi connectivity index (χ4v) is 2.48. The number of nitriles is 1. The van der Waals surface area contributed by atoms with E-state index in [0.29, 0.717) is 16.5 Å². The van der Waals surface area contributed by atoms with Gasteiger partial charge in [-0.15, -0.1) is 0 Å². The molecule has 0 saturated heterocycles. The van der Waals surface area contributed by atoms with Crippen LogP contribution >= 0.6 is 23.2 Å². The normalized spacial score (nSPS) is 13.3. The lowest BCUT2D eigenvalue weighted by Gasteiger charge is -2.18. The molecule has 1 N–H and O–H groups in total. The van der Waals surface area contributed by atoms with Crippen LogP contribution in [0.2, 0.25) is 10.0 Å². The summed E-state index contributed by atoms with van der Waals surface area (Å²) >= 11 is 11.9. The molecule has 0 heterocycles. The van der Waals surface area contributed by atoms with Gasteiger partial charge in [-0.05, 0) is 31.0 Å². The molecule has 1 aromatic carbocycles. The maximum Gasteiger partial charge on any atom is 0.237 e. The number of hydrogen-bond acceptors (Lipinski definition) is 2. The molecule has 0 aliphatic heterocycles. The van der Waals surface area contributed by atoms with Crippen LogP contribution in [0.25, 0.3) is 0 Å². The van der Waals surface area contributed by atoms with E-state index < -0.39 is 5.92 Å². The molecule has 108 valence electrons. The second-order valence-electron chi connectivity index (χ2n) is 4.72. The lowest BCUT2D eigenvalue weighted by molar-refractivity contribution is -0.124. The molecule has 1 aromatic rings. The van der Waals surface area contributed by atoms with Crippen LogP contribution < -0.4 is 5.32 Å². The van der Waals surface area contributed by atoms with Crippen LogP contribution in [-0.2, 0) is 4.79 Å². The molecular weight excluding hydrogens is 295 g/mol. The number of nitrogens with zero attached hydrogens (tertiary/aromatic N) is 1. The summed E-state index contributed by atoms with van der Waals surface area (Å²) in [5.74, 6) is -0.858. The molecule has 0 radical (unpaired) electrons. The largest absolute Gasteiger partial charge is 0.348 e. The van der Waals surface area contributed by atoms with Gasteiger partial charge in [-0.1, -0.05) is 49.0 Å². The average molecular weight is 313 g/mol. The van der Waals surface area contributed by atoms with Crippen molar-refractivity contribution in [1.82, 2.24) is 5.32 Å². The van der Waals surface area contributed by atoms with Gasteiger partial charge in [0.1, 0.15) is 5.92 Å². The minimum absolute atomic E-state index is 0.250. The topological polar surface area (TPSA) is 52.9 Å². The van der Waals surface area contributed by atoms with E-state index in [2.05, 4.69) is 11.4 Å². The van der Waals surface area contributed by atoms with E-state index in [1.54, 1.807) is 18.2 Å². The minimum Gasteiger partial charge on any atom is -0.348 e. The molecule has 1 amide bonds. The molecule has 0 spiro atoms. The standard InChI is InChI=1S/C15H18Cl2N2O/c1-3-4-5-11(9-18)15(20)19-10(2)13-7-6-12(16)8-14(13)17/h6-8,10-11H,3-5H2,1-2H3,(H,19,20). The predicted octanol–water partition coefficient (Wildman–Crippen LogP) is 4.50. The summed E-state index contributed by atoms with van der Waals surface area (Å²) in [5, 5.41) is 12.9. The van der Waals surface area contributed by atoms with Gasteiger partial charge in [-0.25, -0.2) is 0 Å². The number of amides is 1. The summed E-state index contributed by atoms with van der Waals surface area (Å²) in [7, 11) is 0. The van der Waals surface area contributed by atoms with Gasteiger partial charge in [0.05, 0.1) is 12.1 Å². The maximum atomic E-state index is 12.0. The number of halogens is 2. The van der Waals surface area contributed by atoms with Crippen molar-refractivity contribution in [3.63, 3.8) is 0 Å². The number of benzene rings is 1. The van der Waals surface area contributed by atoms with Gasteiger partial charge in [-0.3, -0.25) is 4.79 Å². The summed E-state index contributed by atoms with van der Waals surface area (Å²) < 4.78 is 0. The Bertz CT molecular complexity index is 511. The van der Waals surface area contributed by atoms with Crippen molar-refractivity contribution in [3.8, 4) is 6.07 Å². The molecule has 0 aromatic heterocycles. The van der Waals surface area contributed by atoms with E-state index in [9.17, 15) is 4.79 Å². The third-order valence-electron chi connectivity index (χ3n) is 3.11. The first-order chi connectivity index (χ1) is 9.49. The van der Waals surface area contributed by atoms with Crippen molar-refractivity contribution in [2.75, 3.05) is 0 Å². The van der Waals surface area contributed by atoms with Gasteiger partial charge in [0.2, 0.25) is 5.91 Å². The van der Waals surface area contributed by atoms with E-state index in [1.807, 2.05) is 13.8 Å². The fourth-order valence-electron chi connectivity index (χ4n) is 1.91. The number of carbonyl (C=O) groups excluding carboxylic acids is 1. The van der Waals surface area contributed by atoms with Crippen molar-refractivity contribution in [3.05, 3.63) is 33.8 Å². The Morgan fingerprint density at radius 2 is 2.15 bits per heavy atom. The van der Waals surface area contributed by atoms with Crippen molar-refractivity contribution in [1.29, 1.82) is 5.26 Å². The summed E-state index contributed by atoms with van der Waals surface area (Å²) in [6.07, 6.45) is 2.41. The molecule has 0 saturated carbocycles. The molecule has 20 heavy (non-hydrogen) atoms. The van der Waals surface area contributed by atoms with Crippen LogP contribution in [0.5, 0.6) is 0 Å². The Kier molecular flexibility index (Phi) is 6.84. The second kappa shape index (κ2) is 8.14. The number of nitrogens with one attached hydrogen (secondary N) is 1. The van der Waals surface area contributed by atoms with E-state index in [-0.39, 0.29) is 11.9 Å². The molecule has 0 bridgehead atoms. The molecular formula is C15H18Cl2N2O. The average Bonchev–Trinajstić information content (AvgIpc) is 2.39. The lowest BCUT2D eigenvalue weighted by Crippen LogP contribution is -2.32. The van der Waals surface area contributed by atoms with Crippen LogP contribution in [0.1, 0.15) is 44.7 Å². The predicted molar refractivity (Wildman–Crippen MR) is 81.6 cm³/mol. The maximum absolute atomic E-state index is 12.0. The Hall–Kier alpha value is -1.24. The van der Waals surface area contributed by atoms with Crippen molar-refractivity contribution in [2.45, 2.75) is 39.2 Å². The SMILES string of the molecule is CCCCC(C#N)C(=O)NC(C)c1ccc(Cl)cc1Cl. The van der Waals surface area contributed by atoms with E-state index >= 15 is 0 Å². The van der Waals surface area contributed by atoms with Crippen LogP contribution in [0.4, 0.5) is 0 Å². The molecule has 2 atom stereocenters. The lowest BCUT2D eigenvalue weighted by atomic mass is 10.0. The van der Waals surface area contributed by atoms with Crippen molar-refractivity contribution in [2.24, 2.45) is 5.92 Å². The smallest absolute Gasteiger partial charge is 0.237 e. The summed E-state index contributed by atoms with van der Waals surface area (Å²) in [6.45, 7) is 3.86. The zero-order chi connectivity index (χ0) is 15.1. The Labute approximate surface area is 129 Å². The summed E-state index contributed by atoms with van der Waals surface area (Å²) in [4.78, 5) is 12.0. The molecule has 3 nitrogen and oxygen atoms in total. The molecule has 1 rings (SSSR count). The Morgan fingerprint density at radius 1 is 1.45 bits per heavy atom. The first kappa shape index (κ1) is 16.8. The highest BCUT2D eigenvalue weighted by Crippen LogP contribution is 2.26. The second-order valence-corrected chi connectivity index (χ2v) is 5.56.